The molecule has 80 valence electrons. The summed E-state index contributed by atoms with van der Waals surface area (Å²) in [5, 5.41) is 0. The molecule has 2 N–H and O–H groups in total. The highest BCUT2D eigenvalue weighted by molar-refractivity contribution is 5.72. The first-order valence-electron chi connectivity index (χ1n) is 4.91. The summed E-state index contributed by atoms with van der Waals surface area (Å²) in [6.45, 7) is 1.90. The molecule has 2 unspecified atom stereocenters. The van der Waals surface area contributed by atoms with Crippen LogP contribution in [0.5, 0.6) is 0 Å². The third kappa shape index (κ3) is 2.09. The van der Waals surface area contributed by atoms with E-state index >= 15 is 0 Å². The zero-order valence-corrected chi connectivity index (χ0v) is 8.48. The Balaban J connectivity index is 2.32. The quantitative estimate of drug-likeness (QED) is 0.767. The number of nitrogens with two attached hydrogens (primary N) is 1. The molecule has 1 aliphatic heterocycles. The van der Waals surface area contributed by atoms with Crippen LogP contribution in [0.25, 0.3) is 0 Å². The van der Waals surface area contributed by atoms with Gasteiger partial charge >= 0.3 is 0 Å². The van der Waals surface area contributed by atoms with E-state index < -0.39 is 0 Å². The van der Waals surface area contributed by atoms with E-state index in [1.54, 1.807) is 18.2 Å². The Morgan fingerprint density at radius 3 is 2.87 bits per heavy atom. The van der Waals surface area contributed by atoms with E-state index in [0.29, 0.717) is 12.0 Å². The number of benzene rings is 1. The molecule has 4 heteroatoms. The number of hydrogen-bond donors (Lipinski definition) is 1. The van der Waals surface area contributed by atoms with Crippen LogP contribution >= 0.6 is 0 Å². The summed E-state index contributed by atoms with van der Waals surface area (Å²) >= 11 is 0. The van der Waals surface area contributed by atoms with Gasteiger partial charge in [-0.2, -0.15) is 0 Å². The molecule has 0 saturated carbocycles. The summed E-state index contributed by atoms with van der Waals surface area (Å²) < 4.78 is 18.7. The maximum atomic E-state index is 13.5. The number of halogens is 1. The molecule has 1 aromatic rings. The van der Waals surface area contributed by atoms with Crippen molar-refractivity contribution < 1.29 is 9.13 Å². The summed E-state index contributed by atoms with van der Waals surface area (Å²) in [5.74, 6) is -0.242. The van der Waals surface area contributed by atoms with Gasteiger partial charge < -0.3 is 10.5 Å². The van der Waals surface area contributed by atoms with E-state index in [0.717, 1.165) is 0 Å². The molecule has 2 atom stereocenters. The average Bonchev–Trinajstić information content (AvgIpc) is 2.16. The smallest absolute Gasteiger partial charge is 0.282 e. The molecule has 0 radical (unpaired) electrons. The first-order chi connectivity index (χ1) is 7.16. The second-order valence-electron chi connectivity index (χ2n) is 3.67. The van der Waals surface area contributed by atoms with Crippen LogP contribution in [-0.2, 0) is 4.74 Å². The molecule has 0 spiro atoms. The third-order valence-corrected chi connectivity index (χ3v) is 2.42. The summed E-state index contributed by atoms with van der Waals surface area (Å²) in [5.41, 5.74) is 6.09. The van der Waals surface area contributed by atoms with Gasteiger partial charge in [0.05, 0.1) is 6.04 Å². The normalized spacial score (nSPS) is 25.6. The third-order valence-electron chi connectivity index (χ3n) is 2.42. The minimum atomic E-state index is -0.242. The van der Waals surface area contributed by atoms with Gasteiger partial charge in [0, 0.05) is 12.0 Å². The van der Waals surface area contributed by atoms with E-state index in [1.807, 2.05) is 6.92 Å². The highest BCUT2D eigenvalue weighted by atomic mass is 19.1. The largest absolute Gasteiger partial charge is 0.462 e. The van der Waals surface area contributed by atoms with Gasteiger partial charge in [-0.1, -0.05) is 18.2 Å². The van der Waals surface area contributed by atoms with E-state index in [4.69, 9.17) is 10.5 Å². The Hall–Kier alpha value is -1.58. The first-order valence-corrected chi connectivity index (χ1v) is 4.91. The van der Waals surface area contributed by atoms with Crippen molar-refractivity contribution in [3.05, 3.63) is 35.6 Å². The maximum Gasteiger partial charge on any atom is 0.282 e. The molecule has 3 nitrogen and oxygen atoms in total. The summed E-state index contributed by atoms with van der Waals surface area (Å²) in [6.07, 6.45) is 0.633. The Morgan fingerprint density at radius 2 is 2.20 bits per heavy atom. The number of rotatable bonds is 1. The van der Waals surface area contributed by atoms with Crippen molar-refractivity contribution in [2.75, 3.05) is 0 Å². The van der Waals surface area contributed by atoms with Gasteiger partial charge in [0.1, 0.15) is 11.9 Å². The van der Waals surface area contributed by atoms with Gasteiger partial charge in [-0.15, -0.1) is 0 Å². The molecule has 1 heterocycles. The lowest BCUT2D eigenvalue weighted by Crippen LogP contribution is -2.29. The topological polar surface area (TPSA) is 47.6 Å². The fourth-order valence-corrected chi connectivity index (χ4v) is 1.75. The minimum absolute atomic E-state index is 0.0212. The van der Waals surface area contributed by atoms with Crippen molar-refractivity contribution in [1.82, 2.24) is 0 Å². The lowest BCUT2D eigenvalue weighted by molar-refractivity contribution is 0.163. The van der Waals surface area contributed by atoms with Crippen molar-refractivity contribution in [2.45, 2.75) is 25.5 Å². The molecular formula is C11H13FN2O. The molecular weight excluding hydrogens is 195 g/mol. The highest BCUT2D eigenvalue weighted by Crippen LogP contribution is 2.28. The van der Waals surface area contributed by atoms with Crippen molar-refractivity contribution in [3.8, 4) is 0 Å². The number of amidine groups is 1. The lowest BCUT2D eigenvalue weighted by Gasteiger charge is -2.24. The van der Waals surface area contributed by atoms with Crippen LogP contribution in [-0.4, -0.2) is 12.1 Å². The Labute approximate surface area is 87.8 Å². The molecule has 0 saturated heterocycles. The van der Waals surface area contributed by atoms with Gasteiger partial charge in [-0.3, -0.25) is 0 Å². The van der Waals surface area contributed by atoms with E-state index in [-0.39, 0.29) is 24.0 Å². The van der Waals surface area contributed by atoms with Gasteiger partial charge in [0.25, 0.3) is 6.02 Å². The number of aliphatic imine (C=N–C) groups is 1. The Morgan fingerprint density at radius 1 is 1.47 bits per heavy atom. The monoisotopic (exact) mass is 208 g/mol. The van der Waals surface area contributed by atoms with Gasteiger partial charge in [-0.25, -0.2) is 9.38 Å². The van der Waals surface area contributed by atoms with Crippen LogP contribution in [0.4, 0.5) is 4.39 Å². The molecule has 1 aliphatic rings. The highest BCUT2D eigenvalue weighted by Gasteiger charge is 2.23. The molecule has 0 fully saturated rings. The second-order valence-corrected chi connectivity index (χ2v) is 3.67. The molecule has 0 amide bonds. The minimum Gasteiger partial charge on any atom is -0.462 e. The number of nitrogens with zero attached hydrogens (tertiary/aromatic N) is 1. The second kappa shape index (κ2) is 3.88. The van der Waals surface area contributed by atoms with Crippen LogP contribution in [0.15, 0.2) is 29.3 Å². The molecule has 1 aromatic carbocycles. The van der Waals surface area contributed by atoms with Crippen LogP contribution in [0.1, 0.15) is 24.9 Å². The summed E-state index contributed by atoms with van der Waals surface area (Å²) in [6, 6.07) is 6.53. The van der Waals surface area contributed by atoms with Crippen molar-refractivity contribution in [2.24, 2.45) is 10.7 Å². The van der Waals surface area contributed by atoms with E-state index in [9.17, 15) is 4.39 Å². The predicted molar refractivity (Wildman–Crippen MR) is 55.9 cm³/mol. The van der Waals surface area contributed by atoms with Crippen molar-refractivity contribution in [1.29, 1.82) is 0 Å². The fraction of sp³-hybridized carbons (Fsp3) is 0.364. The summed E-state index contributed by atoms with van der Waals surface area (Å²) in [4.78, 5) is 4.10. The number of ether oxygens (including phenoxy) is 1. The number of hydrogen-bond acceptors (Lipinski definition) is 3. The lowest BCUT2D eigenvalue weighted by atomic mass is 10.0. The van der Waals surface area contributed by atoms with Crippen LogP contribution in [0.3, 0.4) is 0 Å². The zero-order chi connectivity index (χ0) is 10.8. The Bertz CT molecular complexity index is 392. The van der Waals surface area contributed by atoms with Gasteiger partial charge in [0.2, 0.25) is 0 Å². The predicted octanol–water partition coefficient (Wildman–Crippen LogP) is 1.99. The van der Waals surface area contributed by atoms with E-state index in [2.05, 4.69) is 4.99 Å². The molecule has 0 aliphatic carbocycles. The molecule has 0 aromatic heterocycles. The zero-order valence-electron chi connectivity index (χ0n) is 8.48. The van der Waals surface area contributed by atoms with Crippen LogP contribution in [0.2, 0.25) is 0 Å². The average molecular weight is 208 g/mol. The fourth-order valence-electron chi connectivity index (χ4n) is 1.75. The van der Waals surface area contributed by atoms with Gasteiger partial charge in [0.15, 0.2) is 0 Å². The molecule has 15 heavy (non-hydrogen) atoms. The van der Waals surface area contributed by atoms with Gasteiger partial charge in [-0.05, 0) is 13.0 Å². The van der Waals surface area contributed by atoms with E-state index in [1.165, 1.54) is 6.07 Å². The van der Waals surface area contributed by atoms with Crippen LogP contribution < -0.4 is 5.73 Å². The first kappa shape index (κ1) is 9.96. The molecule has 2 rings (SSSR count). The summed E-state index contributed by atoms with van der Waals surface area (Å²) in [7, 11) is 0. The van der Waals surface area contributed by atoms with Crippen LogP contribution in [0, 0.1) is 5.82 Å². The Kier molecular flexibility index (Phi) is 2.58. The standard InChI is InChI=1S/C11H13FN2O/c1-7-6-10(14-11(13)15-7)8-4-2-3-5-9(8)12/h2-5,7,10H,6H2,1H3,(H2,13,14). The maximum absolute atomic E-state index is 13.5. The molecule has 0 bridgehead atoms. The van der Waals surface area contributed by atoms with Crippen molar-refractivity contribution in [3.63, 3.8) is 0 Å². The van der Waals surface area contributed by atoms with Crippen molar-refractivity contribution >= 4 is 6.02 Å². The SMILES string of the molecule is CC1CC(c2ccccc2F)N=C(N)O1.